The maximum atomic E-state index is 13.4. The molecule has 194 valence electrons. The first kappa shape index (κ1) is 27.1. The summed E-state index contributed by atoms with van der Waals surface area (Å²) in [6.45, 7) is 6.73. The molecule has 0 fully saturated rings. The van der Waals surface area contributed by atoms with E-state index in [0.717, 1.165) is 0 Å². The third-order valence-corrected chi connectivity index (χ3v) is 6.43. The zero-order valence-electron chi connectivity index (χ0n) is 21.4. The number of likely N-dealkylation sites (N-methyl/N-ethyl adjacent to an activating group) is 1. The molecule has 0 saturated carbocycles. The van der Waals surface area contributed by atoms with Crippen LogP contribution in [-0.2, 0) is 9.53 Å². The Hall–Kier alpha value is -3.46. The van der Waals surface area contributed by atoms with E-state index in [2.05, 4.69) is 5.32 Å². The van der Waals surface area contributed by atoms with Crippen LogP contribution in [0.1, 0.15) is 47.9 Å². The summed E-state index contributed by atoms with van der Waals surface area (Å²) < 4.78 is 24.9. The molecule has 8 nitrogen and oxygen atoms in total. The van der Waals surface area contributed by atoms with Crippen LogP contribution in [0, 0.1) is 11.7 Å². The Kier molecular flexibility index (Phi) is 9.03. The molecule has 1 aliphatic rings. The molecule has 2 aromatic rings. The van der Waals surface area contributed by atoms with E-state index in [4.69, 9.17) is 9.47 Å². The normalized spacial score (nSPS) is 21.1. The van der Waals surface area contributed by atoms with Gasteiger partial charge in [-0.2, -0.15) is 0 Å². The molecule has 1 aliphatic heterocycles. The molecule has 3 rings (SSSR count). The lowest BCUT2D eigenvalue weighted by Gasteiger charge is -2.36. The molecule has 0 saturated heterocycles. The molecular formula is C27H34FN3O5. The van der Waals surface area contributed by atoms with E-state index in [0.29, 0.717) is 30.9 Å². The van der Waals surface area contributed by atoms with Crippen molar-refractivity contribution in [2.45, 2.75) is 39.3 Å². The molecule has 1 N–H and O–H groups in total. The van der Waals surface area contributed by atoms with Gasteiger partial charge in [-0.15, -0.1) is 0 Å². The second-order valence-corrected chi connectivity index (χ2v) is 9.17. The molecule has 0 aromatic heterocycles. The number of nitrogens with one attached hydrogen (secondary N) is 1. The SMILES string of the molecule is CCC(=O)N1C[C@H](C)[C@H](OC)CN(C)C(=O)c2cc(NC(=O)c3ccc(F)cc3)ccc2OC[C@H]1C. The third kappa shape index (κ3) is 6.40. The van der Waals surface area contributed by atoms with Gasteiger partial charge in [-0.25, -0.2) is 4.39 Å². The van der Waals surface area contributed by atoms with Crippen LogP contribution in [0.2, 0.25) is 0 Å². The van der Waals surface area contributed by atoms with E-state index in [1.807, 2.05) is 20.8 Å². The zero-order chi connectivity index (χ0) is 26.4. The second-order valence-electron chi connectivity index (χ2n) is 9.17. The molecule has 2 aromatic carbocycles. The van der Waals surface area contributed by atoms with Gasteiger partial charge < -0.3 is 24.6 Å². The van der Waals surface area contributed by atoms with Gasteiger partial charge in [0.25, 0.3) is 11.8 Å². The van der Waals surface area contributed by atoms with Gasteiger partial charge in [0.05, 0.1) is 17.7 Å². The minimum atomic E-state index is -0.436. The largest absolute Gasteiger partial charge is 0.491 e. The Morgan fingerprint density at radius 3 is 2.47 bits per heavy atom. The predicted octanol–water partition coefficient (Wildman–Crippen LogP) is 3.82. The number of ether oxygens (including phenoxy) is 2. The fourth-order valence-electron chi connectivity index (χ4n) is 4.21. The number of fused-ring (bicyclic) bond motifs is 1. The summed E-state index contributed by atoms with van der Waals surface area (Å²) in [6.07, 6.45) is 0.0873. The lowest BCUT2D eigenvalue weighted by Crippen LogP contribution is -2.48. The van der Waals surface area contributed by atoms with E-state index in [1.165, 1.54) is 24.3 Å². The van der Waals surface area contributed by atoms with E-state index >= 15 is 0 Å². The smallest absolute Gasteiger partial charge is 0.257 e. The highest BCUT2D eigenvalue weighted by molar-refractivity contribution is 6.05. The number of rotatable bonds is 4. The number of methoxy groups -OCH3 is 1. The number of amides is 3. The Balaban J connectivity index is 1.93. The molecule has 1 heterocycles. The molecule has 36 heavy (non-hydrogen) atoms. The highest BCUT2D eigenvalue weighted by Gasteiger charge is 2.30. The predicted molar refractivity (Wildman–Crippen MR) is 135 cm³/mol. The summed E-state index contributed by atoms with van der Waals surface area (Å²) in [5.74, 6) is -0.803. The Morgan fingerprint density at radius 1 is 1.14 bits per heavy atom. The lowest BCUT2D eigenvalue weighted by atomic mass is 10.0. The molecule has 3 atom stereocenters. The van der Waals surface area contributed by atoms with Crippen LogP contribution in [0.25, 0.3) is 0 Å². The van der Waals surface area contributed by atoms with Crippen LogP contribution in [-0.4, -0.2) is 73.5 Å². The summed E-state index contributed by atoms with van der Waals surface area (Å²) in [4.78, 5) is 42.1. The Labute approximate surface area is 211 Å². The van der Waals surface area contributed by atoms with Crippen LogP contribution in [0.15, 0.2) is 42.5 Å². The van der Waals surface area contributed by atoms with Crippen molar-refractivity contribution in [2.75, 3.05) is 39.2 Å². The molecular weight excluding hydrogens is 465 g/mol. The number of halogens is 1. The fourth-order valence-corrected chi connectivity index (χ4v) is 4.21. The number of nitrogens with zero attached hydrogens (tertiary/aromatic N) is 2. The van der Waals surface area contributed by atoms with Gasteiger partial charge in [-0.1, -0.05) is 13.8 Å². The van der Waals surface area contributed by atoms with Crippen molar-refractivity contribution >= 4 is 23.4 Å². The topological polar surface area (TPSA) is 88.2 Å². The summed E-state index contributed by atoms with van der Waals surface area (Å²) in [7, 11) is 3.28. The first-order valence-corrected chi connectivity index (χ1v) is 12.1. The van der Waals surface area contributed by atoms with Crippen LogP contribution < -0.4 is 10.1 Å². The van der Waals surface area contributed by atoms with Crippen molar-refractivity contribution in [3.05, 3.63) is 59.4 Å². The van der Waals surface area contributed by atoms with Crippen LogP contribution in [0.5, 0.6) is 5.75 Å². The van der Waals surface area contributed by atoms with E-state index in [1.54, 1.807) is 42.2 Å². The average molecular weight is 500 g/mol. The molecule has 9 heteroatoms. The molecule has 0 radical (unpaired) electrons. The van der Waals surface area contributed by atoms with Crippen molar-refractivity contribution in [3.63, 3.8) is 0 Å². The fraction of sp³-hybridized carbons (Fsp3) is 0.444. The van der Waals surface area contributed by atoms with Gasteiger partial charge in [-0.3, -0.25) is 14.4 Å². The maximum absolute atomic E-state index is 13.4. The highest BCUT2D eigenvalue weighted by Crippen LogP contribution is 2.27. The maximum Gasteiger partial charge on any atom is 0.257 e. The number of anilines is 1. The van der Waals surface area contributed by atoms with Gasteiger partial charge >= 0.3 is 0 Å². The quantitative estimate of drug-likeness (QED) is 0.691. The minimum absolute atomic E-state index is 0.0216. The number of benzene rings is 2. The lowest BCUT2D eigenvalue weighted by molar-refractivity contribution is -0.135. The standard InChI is InChI=1S/C27H34FN3O5/c1-6-25(32)31-14-17(2)24(35-5)15-30(4)27(34)22-13-21(11-12-23(22)36-16-18(31)3)29-26(33)19-7-9-20(28)10-8-19/h7-13,17-18,24H,6,14-16H2,1-5H3,(H,29,33)/t17-,18+,24+/m0/s1. The summed E-state index contributed by atoms with van der Waals surface area (Å²) in [5.41, 5.74) is 0.960. The van der Waals surface area contributed by atoms with Crippen molar-refractivity contribution in [1.29, 1.82) is 0 Å². The van der Waals surface area contributed by atoms with Crippen molar-refractivity contribution in [2.24, 2.45) is 5.92 Å². The monoisotopic (exact) mass is 499 g/mol. The van der Waals surface area contributed by atoms with E-state index in [-0.39, 0.29) is 47.6 Å². The zero-order valence-corrected chi connectivity index (χ0v) is 21.4. The molecule has 0 aliphatic carbocycles. The number of carbonyl (C=O) groups is 3. The van der Waals surface area contributed by atoms with E-state index < -0.39 is 11.7 Å². The number of hydrogen-bond donors (Lipinski definition) is 1. The highest BCUT2D eigenvalue weighted by atomic mass is 19.1. The minimum Gasteiger partial charge on any atom is -0.491 e. The van der Waals surface area contributed by atoms with Crippen molar-refractivity contribution in [3.8, 4) is 5.75 Å². The van der Waals surface area contributed by atoms with E-state index in [9.17, 15) is 18.8 Å². The Morgan fingerprint density at radius 2 is 1.83 bits per heavy atom. The van der Waals surface area contributed by atoms with Gasteiger partial charge in [0.15, 0.2) is 0 Å². The molecule has 0 bridgehead atoms. The van der Waals surface area contributed by atoms with Crippen LogP contribution in [0.4, 0.5) is 10.1 Å². The summed E-state index contributed by atoms with van der Waals surface area (Å²) in [6, 6.07) is 9.79. The molecule has 3 amide bonds. The summed E-state index contributed by atoms with van der Waals surface area (Å²) in [5, 5.41) is 2.75. The van der Waals surface area contributed by atoms with Crippen molar-refractivity contribution in [1.82, 2.24) is 9.80 Å². The number of carbonyl (C=O) groups excluding carboxylic acids is 3. The van der Waals surface area contributed by atoms with Gasteiger partial charge in [0.1, 0.15) is 18.2 Å². The van der Waals surface area contributed by atoms with Gasteiger partial charge in [-0.05, 0) is 49.4 Å². The first-order valence-electron chi connectivity index (χ1n) is 12.1. The van der Waals surface area contributed by atoms with Crippen LogP contribution >= 0.6 is 0 Å². The van der Waals surface area contributed by atoms with Gasteiger partial charge in [0.2, 0.25) is 5.91 Å². The molecule has 0 unspecified atom stereocenters. The second kappa shape index (κ2) is 12.0. The molecule has 0 spiro atoms. The number of hydrogen-bond acceptors (Lipinski definition) is 5. The summed E-state index contributed by atoms with van der Waals surface area (Å²) >= 11 is 0. The van der Waals surface area contributed by atoms with Crippen LogP contribution in [0.3, 0.4) is 0 Å². The first-order chi connectivity index (χ1) is 17.1. The third-order valence-electron chi connectivity index (χ3n) is 6.43. The van der Waals surface area contributed by atoms with Gasteiger partial charge in [0, 0.05) is 50.8 Å². The Bertz CT molecular complexity index is 1090. The van der Waals surface area contributed by atoms with Crippen molar-refractivity contribution < 1.29 is 28.2 Å². The average Bonchev–Trinajstić information content (AvgIpc) is 2.87.